The smallest absolute Gasteiger partial charge is 0.230 e. The van der Waals surface area contributed by atoms with Crippen LogP contribution >= 0.6 is 0 Å². The number of hydrogen-bond donors (Lipinski definition) is 1. The number of aromatic nitrogens is 2. The fourth-order valence-corrected chi connectivity index (χ4v) is 3.63. The first kappa shape index (κ1) is 19.3. The lowest BCUT2D eigenvalue weighted by atomic mass is 9.77. The number of anilines is 2. The molecule has 2 atom stereocenters. The zero-order valence-electron chi connectivity index (χ0n) is 16.3. The molecule has 0 bridgehead atoms. The Morgan fingerprint density at radius 2 is 2.15 bits per heavy atom. The van der Waals surface area contributed by atoms with Gasteiger partial charge in [0.15, 0.2) is 0 Å². The number of hydrogen-bond acceptors (Lipinski definition) is 4. The molecule has 0 aliphatic heterocycles. The predicted molar refractivity (Wildman–Crippen MR) is 108 cm³/mol. The van der Waals surface area contributed by atoms with Crippen LogP contribution in [0.3, 0.4) is 0 Å². The first-order chi connectivity index (χ1) is 12.9. The van der Waals surface area contributed by atoms with Crippen molar-refractivity contribution in [2.24, 2.45) is 11.8 Å². The molecule has 0 spiro atoms. The number of nitrogens with zero attached hydrogens (tertiary/aromatic N) is 2. The Balaban J connectivity index is 1.86. The van der Waals surface area contributed by atoms with Crippen LogP contribution in [0, 0.1) is 17.7 Å². The molecule has 1 saturated carbocycles. The summed E-state index contributed by atoms with van der Waals surface area (Å²) < 4.78 is 19.4. The number of ether oxygens (including phenoxy) is 1. The summed E-state index contributed by atoms with van der Waals surface area (Å²) in [5.74, 6) is 1.75. The monoisotopic (exact) mass is 369 g/mol. The van der Waals surface area contributed by atoms with Gasteiger partial charge in [0.1, 0.15) is 5.82 Å². The molecule has 0 radical (unpaired) electrons. The van der Waals surface area contributed by atoms with E-state index in [1.165, 1.54) is 25.0 Å². The summed E-state index contributed by atoms with van der Waals surface area (Å²) in [7, 11) is 0. The van der Waals surface area contributed by atoms with E-state index in [0.717, 1.165) is 24.0 Å². The van der Waals surface area contributed by atoms with Gasteiger partial charge in [0.05, 0.1) is 11.7 Å². The van der Waals surface area contributed by atoms with Crippen molar-refractivity contribution >= 4 is 17.2 Å². The van der Waals surface area contributed by atoms with Crippen LogP contribution in [0.25, 0.3) is 5.57 Å². The first-order valence-corrected chi connectivity index (χ1v) is 9.68. The molecule has 5 heteroatoms. The predicted octanol–water partition coefficient (Wildman–Crippen LogP) is 5.99. The molecule has 0 amide bonds. The quantitative estimate of drug-likeness (QED) is 0.680. The SMILES string of the molecule is C=C(c1cnc(Nc2cccc(F)c2)nc1OC(C)C)[C@@H]1CCCC(C)C1. The van der Waals surface area contributed by atoms with Crippen LogP contribution in [0.4, 0.5) is 16.0 Å². The third-order valence-corrected chi connectivity index (χ3v) is 4.96. The summed E-state index contributed by atoms with van der Waals surface area (Å²) in [6, 6.07) is 6.22. The maximum absolute atomic E-state index is 13.4. The van der Waals surface area contributed by atoms with Gasteiger partial charge < -0.3 is 10.1 Å². The van der Waals surface area contributed by atoms with Gasteiger partial charge in [-0.3, -0.25) is 0 Å². The van der Waals surface area contributed by atoms with Crippen LogP contribution < -0.4 is 10.1 Å². The number of nitrogens with one attached hydrogen (secondary N) is 1. The van der Waals surface area contributed by atoms with Gasteiger partial charge in [-0.15, -0.1) is 0 Å². The molecule has 1 aromatic heterocycles. The fraction of sp³-hybridized carbons (Fsp3) is 0.455. The minimum Gasteiger partial charge on any atom is -0.474 e. The van der Waals surface area contributed by atoms with Gasteiger partial charge in [-0.2, -0.15) is 4.98 Å². The van der Waals surface area contributed by atoms with Crippen LogP contribution in [0.1, 0.15) is 52.0 Å². The lowest BCUT2D eigenvalue weighted by Crippen LogP contribution is -2.16. The molecule has 144 valence electrons. The van der Waals surface area contributed by atoms with Crippen molar-refractivity contribution in [2.75, 3.05) is 5.32 Å². The van der Waals surface area contributed by atoms with E-state index in [1.807, 2.05) is 13.8 Å². The van der Waals surface area contributed by atoms with E-state index >= 15 is 0 Å². The van der Waals surface area contributed by atoms with E-state index in [-0.39, 0.29) is 11.9 Å². The topological polar surface area (TPSA) is 47.0 Å². The van der Waals surface area contributed by atoms with E-state index < -0.39 is 0 Å². The lowest BCUT2D eigenvalue weighted by Gasteiger charge is -2.29. The largest absolute Gasteiger partial charge is 0.474 e. The zero-order valence-corrected chi connectivity index (χ0v) is 16.3. The minimum atomic E-state index is -0.310. The Morgan fingerprint density at radius 1 is 1.33 bits per heavy atom. The van der Waals surface area contributed by atoms with Crippen molar-refractivity contribution in [3.63, 3.8) is 0 Å². The molecular weight excluding hydrogens is 341 g/mol. The van der Waals surface area contributed by atoms with Crippen molar-refractivity contribution < 1.29 is 9.13 Å². The van der Waals surface area contributed by atoms with Crippen molar-refractivity contribution in [1.82, 2.24) is 9.97 Å². The molecule has 1 heterocycles. The maximum Gasteiger partial charge on any atom is 0.230 e. The number of benzene rings is 1. The van der Waals surface area contributed by atoms with Gasteiger partial charge in [0, 0.05) is 11.9 Å². The van der Waals surface area contributed by atoms with Gasteiger partial charge >= 0.3 is 0 Å². The average molecular weight is 369 g/mol. The average Bonchev–Trinajstić information content (AvgIpc) is 2.61. The first-order valence-electron chi connectivity index (χ1n) is 9.68. The standard InChI is InChI=1S/C22H28FN3O/c1-14(2)27-21-20(16(4)17-8-5-7-15(3)11-17)13-24-22(26-21)25-19-10-6-9-18(23)12-19/h6,9-10,12-15,17H,4-5,7-8,11H2,1-3H3,(H,24,25,26)/t15?,17-/m1/s1. The van der Waals surface area contributed by atoms with E-state index in [9.17, 15) is 4.39 Å². The lowest BCUT2D eigenvalue weighted by molar-refractivity contribution is 0.231. The number of halogens is 1. The molecule has 2 aromatic rings. The molecule has 1 aliphatic rings. The number of allylic oxidation sites excluding steroid dienone is 1. The Morgan fingerprint density at radius 3 is 2.85 bits per heavy atom. The summed E-state index contributed by atoms with van der Waals surface area (Å²) >= 11 is 0. The van der Waals surface area contributed by atoms with Crippen molar-refractivity contribution in [1.29, 1.82) is 0 Å². The summed E-state index contributed by atoms with van der Waals surface area (Å²) in [4.78, 5) is 8.97. The van der Waals surface area contributed by atoms with Gasteiger partial charge in [-0.1, -0.05) is 32.4 Å². The second kappa shape index (κ2) is 8.51. The third-order valence-electron chi connectivity index (χ3n) is 4.96. The van der Waals surface area contributed by atoms with E-state index in [2.05, 4.69) is 28.8 Å². The van der Waals surface area contributed by atoms with Crippen LogP contribution in [0.2, 0.25) is 0 Å². The van der Waals surface area contributed by atoms with E-state index in [1.54, 1.807) is 18.3 Å². The van der Waals surface area contributed by atoms with E-state index in [0.29, 0.717) is 29.4 Å². The van der Waals surface area contributed by atoms with Gasteiger partial charge in [0.25, 0.3) is 0 Å². The van der Waals surface area contributed by atoms with Crippen LogP contribution in [0.15, 0.2) is 37.0 Å². The molecule has 1 fully saturated rings. The Hall–Kier alpha value is -2.43. The van der Waals surface area contributed by atoms with Crippen molar-refractivity contribution in [3.05, 3.63) is 48.4 Å². The van der Waals surface area contributed by atoms with Crippen LogP contribution in [-0.4, -0.2) is 16.1 Å². The normalized spacial score (nSPS) is 19.7. The second-order valence-electron chi connectivity index (χ2n) is 7.71. The molecule has 1 unspecified atom stereocenters. The second-order valence-corrected chi connectivity index (χ2v) is 7.71. The highest BCUT2D eigenvalue weighted by Crippen LogP contribution is 2.39. The summed E-state index contributed by atoms with van der Waals surface area (Å²) in [5, 5.41) is 3.04. The van der Waals surface area contributed by atoms with Crippen LogP contribution in [0.5, 0.6) is 5.88 Å². The Labute approximate surface area is 160 Å². The van der Waals surface area contributed by atoms with Crippen molar-refractivity contribution in [3.8, 4) is 5.88 Å². The molecule has 1 aliphatic carbocycles. The highest BCUT2D eigenvalue weighted by atomic mass is 19.1. The Kier molecular flexibility index (Phi) is 6.09. The van der Waals surface area contributed by atoms with E-state index in [4.69, 9.17) is 4.74 Å². The summed E-state index contributed by atoms with van der Waals surface area (Å²) in [6.45, 7) is 10.6. The maximum atomic E-state index is 13.4. The van der Waals surface area contributed by atoms with Gasteiger partial charge in [-0.25, -0.2) is 9.37 Å². The summed E-state index contributed by atoms with van der Waals surface area (Å²) in [6.07, 6.45) is 6.56. The molecule has 1 N–H and O–H groups in total. The number of rotatable bonds is 6. The fourth-order valence-electron chi connectivity index (χ4n) is 3.63. The molecular formula is C22H28FN3O. The molecule has 1 aromatic carbocycles. The third kappa shape index (κ3) is 5.06. The van der Waals surface area contributed by atoms with Crippen molar-refractivity contribution in [2.45, 2.75) is 52.6 Å². The van der Waals surface area contributed by atoms with Gasteiger partial charge in [0.2, 0.25) is 11.8 Å². The van der Waals surface area contributed by atoms with Crippen LogP contribution in [-0.2, 0) is 0 Å². The highest BCUT2D eigenvalue weighted by molar-refractivity contribution is 5.69. The molecule has 27 heavy (non-hydrogen) atoms. The highest BCUT2D eigenvalue weighted by Gasteiger charge is 2.25. The Bertz CT molecular complexity index is 806. The zero-order chi connectivity index (χ0) is 19.4. The summed E-state index contributed by atoms with van der Waals surface area (Å²) in [5.41, 5.74) is 2.51. The molecule has 3 rings (SSSR count). The van der Waals surface area contributed by atoms with Gasteiger partial charge in [-0.05, 0) is 62.3 Å². The molecule has 4 nitrogen and oxygen atoms in total. The molecule has 0 saturated heterocycles. The minimum absolute atomic E-state index is 0.0150.